The summed E-state index contributed by atoms with van der Waals surface area (Å²) in [6, 6.07) is 1.74. The molecule has 2 rings (SSSR count). The number of thioether (sulfide) groups is 1. The van der Waals surface area contributed by atoms with E-state index in [9.17, 15) is 0 Å². The second-order valence-corrected chi connectivity index (χ2v) is 5.03. The van der Waals surface area contributed by atoms with Gasteiger partial charge in [-0.05, 0) is 0 Å². The van der Waals surface area contributed by atoms with Gasteiger partial charge >= 0.3 is 0 Å². The first-order chi connectivity index (χ1) is 8.38. The van der Waals surface area contributed by atoms with Crippen molar-refractivity contribution in [1.29, 1.82) is 0 Å². The molecule has 0 unspecified atom stereocenters. The van der Waals surface area contributed by atoms with Crippen molar-refractivity contribution in [3.63, 3.8) is 0 Å². The van der Waals surface area contributed by atoms with Gasteiger partial charge < -0.3 is 10.1 Å². The van der Waals surface area contributed by atoms with Crippen molar-refractivity contribution >= 4 is 17.7 Å². The predicted molar refractivity (Wildman–Crippen MR) is 70.8 cm³/mol. The number of methoxy groups -OCH3 is 1. The van der Waals surface area contributed by atoms with E-state index in [0.29, 0.717) is 11.8 Å². The van der Waals surface area contributed by atoms with E-state index in [1.165, 1.54) is 24.6 Å². The molecule has 0 aliphatic carbocycles. The lowest BCUT2D eigenvalue weighted by atomic mass is 10.4. The van der Waals surface area contributed by atoms with Crippen LogP contribution in [-0.2, 0) is 0 Å². The molecule has 1 saturated heterocycles. The first kappa shape index (κ1) is 12.4. The van der Waals surface area contributed by atoms with Crippen molar-refractivity contribution in [3.05, 3.63) is 12.3 Å². The van der Waals surface area contributed by atoms with E-state index in [1.807, 2.05) is 11.8 Å². The van der Waals surface area contributed by atoms with Gasteiger partial charge in [-0.15, -0.1) is 0 Å². The minimum atomic E-state index is 0.594. The molecular weight excluding hydrogens is 236 g/mol. The van der Waals surface area contributed by atoms with Crippen LogP contribution in [0.4, 0.5) is 5.95 Å². The quantitative estimate of drug-likeness (QED) is 0.844. The van der Waals surface area contributed by atoms with Gasteiger partial charge in [-0.1, -0.05) is 0 Å². The topological polar surface area (TPSA) is 50.3 Å². The summed E-state index contributed by atoms with van der Waals surface area (Å²) in [7, 11) is 1.61. The fourth-order valence-electron chi connectivity index (χ4n) is 1.69. The number of nitrogens with zero attached hydrogens (tertiary/aromatic N) is 3. The maximum absolute atomic E-state index is 5.05. The standard InChI is InChI=1S/C11H18N4OS/c1-16-10-2-3-12-11(14-10)13-4-5-15-6-8-17-9-7-15/h2-3H,4-9H2,1H3,(H,12,13,14). The Bertz CT molecular complexity index is 344. The summed E-state index contributed by atoms with van der Waals surface area (Å²) in [6.07, 6.45) is 1.70. The van der Waals surface area contributed by atoms with E-state index in [4.69, 9.17) is 4.74 Å². The number of nitrogens with one attached hydrogen (secondary N) is 1. The van der Waals surface area contributed by atoms with Crippen LogP contribution < -0.4 is 10.1 Å². The van der Waals surface area contributed by atoms with Gasteiger partial charge in [0.05, 0.1) is 7.11 Å². The minimum absolute atomic E-state index is 0.594. The molecule has 1 aliphatic heterocycles. The smallest absolute Gasteiger partial charge is 0.225 e. The Balaban J connectivity index is 1.73. The van der Waals surface area contributed by atoms with Gasteiger partial charge in [-0.3, -0.25) is 4.90 Å². The largest absolute Gasteiger partial charge is 0.481 e. The number of hydrogen-bond acceptors (Lipinski definition) is 6. The number of anilines is 1. The molecule has 0 amide bonds. The third kappa shape index (κ3) is 4.05. The molecule has 6 heteroatoms. The molecule has 0 radical (unpaired) electrons. The second-order valence-electron chi connectivity index (χ2n) is 3.80. The van der Waals surface area contributed by atoms with Crippen LogP contribution in [0.2, 0.25) is 0 Å². The van der Waals surface area contributed by atoms with Crippen molar-refractivity contribution < 1.29 is 4.74 Å². The van der Waals surface area contributed by atoms with Gasteiger partial charge in [0.25, 0.3) is 0 Å². The zero-order chi connectivity index (χ0) is 11.9. The van der Waals surface area contributed by atoms with Gasteiger partial charge in [0, 0.05) is 49.9 Å². The maximum atomic E-state index is 5.05. The molecule has 1 fully saturated rings. The van der Waals surface area contributed by atoms with Crippen molar-refractivity contribution in [2.75, 3.05) is 50.1 Å². The van der Waals surface area contributed by atoms with Gasteiger partial charge in [-0.2, -0.15) is 16.7 Å². The summed E-state index contributed by atoms with van der Waals surface area (Å²) in [5, 5.41) is 3.22. The zero-order valence-electron chi connectivity index (χ0n) is 10.1. The Morgan fingerprint density at radius 2 is 2.29 bits per heavy atom. The van der Waals surface area contributed by atoms with Crippen molar-refractivity contribution in [2.45, 2.75) is 0 Å². The summed E-state index contributed by atoms with van der Waals surface area (Å²) in [5.41, 5.74) is 0. The number of aromatic nitrogens is 2. The fraction of sp³-hybridized carbons (Fsp3) is 0.636. The molecule has 0 bridgehead atoms. The van der Waals surface area contributed by atoms with Crippen molar-refractivity contribution in [3.8, 4) is 5.88 Å². The zero-order valence-corrected chi connectivity index (χ0v) is 10.9. The first-order valence-electron chi connectivity index (χ1n) is 5.79. The van der Waals surface area contributed by atoms with Crippen LogP contribution in [0.15, 0.2) is 12.3 Å². The van der Waals surface area contributed by atoms with E-state index in [1.54, 1.807) is 19.4 Å². The summed E-state index contributed by atoms with van der Waals surface area (Å²) in [4.78, 5) is 10.8. The number of ether oxygens (including phenoxy) is 1. The second kappa shape index (κ2) is 6.66. The van der Waals surface area contributed by atoms with E-state index in [0.717, 1.165) is 13.1 Å². The van der Waals surface area contributed by atoms with Crippen LogP contribution in [0.5, 0.6) is 5.88 Å². The average molecular weight is 254 g/mol. The molecule has 5 nitrogen and oxygen atoms in total. The molecule has 0 atom stereocenters. The lowest BCUT2D eigenvalue weighted by Crippen LogP contribution is -2.36. The normalized spacial score (nSPS) is 16.8. The molecule has 2 heterocycles. The Labute approximate surface area is 106 Å². The van der Waals surface area contributed by atoms with Gasteiger partial charge in [-0.25, -0.2) is 4.98 Å². The molecule has 1 aromatic heterocycles. The van der Waals surface area contributed by atoms with Crippen LogP contribution in [0.3, 0.4) is 0 Å². The summed E-state index contributed by atoms with van der Waals surface area (Å²) in [5.74, 6) is 3.72. The highest BCUT2D eigenvalue weighted by Crippen LogP contribution is 2.09. The molecule has 1 N–H and O–H groups in total. The van der Waals surface area contributed by atoms with Crippen LogP contribution >= 0.6 is 11.8 Å². The predicted octanol–water partition coefficient (Wildman–Crippen LogP) is 0.946. The van der Waals surface area contributed by atoms with Crippen molar-refractivity contribution in [2.24, 2.45) is 0 Å². The highest BCUT2D eigenvalue weighted by Gasteiger charge is 2.09. The Morgan fingerprint density at radius 1 is 1.47 bits per heavy atom. The van der Waals surface area contributed by atoms with Gasteiger partial charge in [0.15, 0.2) is 0 Å². The fourth-order valence-corrected chi connectivity index (χ4v) is 2.67. The molecule has 0 aromatic carbocycles. The van der Waals surface area contributed by atoms with E-state index < -0.39 is 0 Å². The van der Waals surface area contributed by atoms with Crippen LogP contribution in [-0.4, -0.2) is 59.7 Å². The lowest BCUT2D eigenvalue weighted by molar-refractivity contribution is 0.314. The monoisotopic (exact) mass is 254 g/mol. The number of hydrogen-bond donors (Lipinski definition) is 1. The Morgan fingerprint density at radius 3 is 3.06 bits per heavy atom. The summed E-state index contributed by atoms with van der Waals surface area (Å²) in [6.45, 7) is 4.29. The Kier molecular flexibility index (Phi) is 4.88. The average Bonchev–Trinajstić information content (AvgIpc) is 2.40. The molecule has 94 valence electrons. The molecular formula is C11H18N4OS. The van der Waals surface area contributed by atoms with E-state index in [-0.39, 0.29) is 0 Å². The maximum Gasteiger partial charge on any atom is 0.225 e. The van der Waals surface area contributed by atoms with E-state index in [2.05, 4.69) is 20.2 Å². The molecule has 17 heavy (non-hydrogen) atoms. The van der Waals surface area contributed by atoms with Crippen LogP contribution in [0.1, 0.15) is 0 Å². The third-order valence-electron chi connectivity index (χ3n) is 2.65. The SMILES string of the molecule is COc1ccnc(NCCN2CCSCC2)n1. The Hall–Kier alpha value is -1.01. The summed E-state index contributed by atoms with van der Waals surface area (Å²) >= 11 is 2.03. The third-order valence-corrected chi connectivity index (χ3v) is 3.60. The summed E-state index contributed by atoms with van der Waals surface area (Å²) < 4.78 is 5.05. The lowest BCUT2D eigenvalue weighted by Gasteiger charge is -2.25. The highest BCUT2D eigenvalue weighted by atomic mass is 32.2. The van der Waals surface area contributed by atoms with Gasteiger partial charge in [0.2, 0.25) is 11.8 Å². The molecule has 0 spiro atoms. The van der Waals surface area contributed by atoms with Crippen LogP contribution in [0.25, 0.3) is 0 Å². The van der Waals surface area contributed by atoms with Crippen LogP contribution in [0, 0.1) is 0 Å². The first-order valence-corrected chi connectivity index (χ1v) is 6.95. The molecule has 0 saturated carbocycles. The van der Waals surface area contributed by atoms with Crippen molar-refractivity contribution in [1.82, 2.24) is 14.9 Å². The minimum Gasteiger partial charge on any atom is -0.481 e. The molecule has 1 aromatic rings. The molecule has 1 aliphatic rings. The number of rotatable bonds is 5. The van der Waals surface area contributed by atoms with E-state index >= 15 is 0 Å². The highest BCUT2D eigenvalue weighted by molar-refractivity contribution is 7.99. The van der Waals surface area contributed by atoms with Gasteiger partial charge in [0.1, 0.15) is 0 Å².